The van der Waals surface area contributed by atoms with E-state index < -0.39 is 0 Å². The Labute approximate surface area is 126 Å². The number of nitrogen functional groups attached to an aromatic ring is 1. The third-order valence-electron chi connectivity index (χ3n) is 2.56. The summed E-state index contributed by atoms with van der Waals surface area (Å²) in [5, 5.41) is 3.73. The molecule has 1 amide bonds. The van der Waals surface area contributed by atoms with Crippen molar-refractivity contribution in [2.24, 2.45) is 0 Å². The Morgan fingerprint density at radius 3 is 2.85 bits per heavy atom. The first-order chi connectivity index (χ1) is 9.56. The Balaban J connectivity index is 2.01. The molecule has 1 aromatic heterocycles. The van der Waals surface area contributed by atoms with Crippen LogP contribution >= 0.6 is 23.4 Å². The van der Waals surface area contributed by atoms with Gasteiger partial charge in [0.05, 0.1) is 21.0 Å². The van der Waals surface area contributed by atoms with Crippen LogP contribution in [0.2, 0.25) is 5.02 Å². The Kier molecular flexibility index (Phi) is 4.87. The van der Waals surface area contributed by atoms with Crippen molar-refractivity contribution in [2.45, 2.75) is 17.2 Å². The number of nitrogens with two attached hydrogens (primary N) is 1. The average Bonchev–Trinajstić information content (AvgIpc) is 2.43. The van der Waals surface area contributed by atoms with E-state index in [0.717, 1.165) is 5.03 Å². The summed E-state index contributed by atoms with van der Waals surface area (Å²) in [6.45, 7) is 1.82. The maximum atomic E-state index is 12.1. The molecule has 0 radical (unpaired) electrons. The van der Waals surface area contributed by atoms with Crippen molar-refractivity contribution in [3.8, 4) is 0 Å². The highest BCUT2D eigenvalue weighted by Gasteiger charge is 2.16. The number of hydrogen-bond donors (Lipinski definition) is 2. The number of nitrogens with zero attached hydrogens (tertiary/aromatic N) is 1. The SMILES string of the molecule is CC(Sc1ccccn1)C(=O)Nc1ccc(N)cc1Cl. The zero-order valence-electron chi connectivity index (χ0n) is 10.8. The van der Waals surface area contributed by atoms with Crippen LogP contribution in [0.3, 0.4) is 0 Å². The smallest absolute Gasteiger partial charge is 0.237 e. The second-order valence-corrected chi connectivity index (χ2v) is 5.92. The third-order valence-corrected chi connectivity index (χ3v) is 3.92. The van der Waals surface area contributed by atoms with Gasteiger partial charge >= 0.3 is 0 Å². The topological polar surface area (TPSA) is 68.0 Å². The number of nitrogens with one attached hydrogen (secondary N) is 1. The van der Waals surface area contributed by atoms with Crippen molar-refractivity contribution in [3.63, 3.8) is 0 Å². The van der Waals surface area contributed by atoms with Crippen LogP contribution in [0.15, 0.2) is 47.6 Å². The number of pyridine rings is 1. The number of hydrogen-bond acceptors (Lipinski definition) is 4. The molecule has 1 heterocycles. The van der Waals surface area contributed by atoms with Crippen LogP contribution in [0.4, 0.5) is 11.4 Å². The number of aromatic nitrogens is 1. The third kappa shape index (κ3) is 3.88. The van der Waals surface area contributed by atoms with E-state index in [4.69, 9.17) is 17.3 Å². The quantitative estimate of drug-likeness (QED) is 0.670. The van der Waals surface area contributed by atoms with Gasteiger partial charge in [0.2, 0.25) is 5.91 Å². The lowest BCUT2D eigenvalue weighted by Gasteiger charge is -2.12. The van der Waals surface area contributed by atoms with Crippen LogP contribution in [-0.2, 0) is 4.79 Å². The summed E-state index contributed by atoms with van der Waals surface area (Å²) in [5.41, 5.74) is 6.72. The first-order valence-corrected chi connectivity index (χ1v) is 7.25. The molecule has 1 unspecified atom stereocenters. The molecule has 0 saturated carbocycles. The van der Waals surface area contributed by atoms with Crippen LogP contribution < -0.4 is 11.1 Å². The van der Waals surface area contributed by atoms with E-state index in [1.54, 1.807) is 24.4 Å². The monoisotopic (exact) mass is 307 g/mol. The molecule has 0 fully saturated rings. The van der Waals surface area contributed by atoms with E-state index >= 15 is 0 Å². The fourth-order valence-corrected chi connectivity index (χ4v) is 2.56. The van der Waals surface area contributed by atoms with Gasteiger partial charge in [-0.3, -0.25) is 4.79 Å². The van der Waals surface area contributed by atoms with Crippen LogP contribution in [0.5, 0.6) is 0 Å². The molecule has 2 rings (SSSR count). The maximum absolute atomic E-state index is 12.1. The molecule has 2 aromatic rings. The molecule has 20 heavy (non-hydrogen) atoms. The number of amides is 1. The Morgan fingerprint density at radius 2 is 2.20 bits per heavy atom. The van der Waals surface area contributed by atoms with E-state index in [0.29, 0.717) is 16.4 Å². The molecule has 0 aliphatic heterocycles. The average molecular weight is 308 g/mol. The van der Waals surface area contributed by atoms with Gasteiger partial charge in [-0.15, -0.1) is 0 Å². The molecule has 1 aromatic carbocycles. The number of thioether (sulfide) groups is 1. The molecule has 6 heteroatoms. The second-order valence-electron chi connectivity index (χ2n) is 4.16. The van der Waals surface area contributed by atoms with Crippen molar-refractivity contribution in [1.82, 2.24) is 4.98 Å². The number of carbonyl (C=O) groups is 1. The summed E-state index contributed by atoms with van der Waals surface area (Å²) in [6, 6.07) is 10.6. The van der Waals surface area contributed by atoms with Crippen molar-refractivity contribution in [3.05, 3.63) is 47.6 Å². The number of carbonyl (C=O) groups excluding carboxylic acids is 1. The van der Waals surface area contributed by atoms with Crippen molar-refractivity contribution in [1.29, 1.82) is 0 Å². The van der Waals surface area contributed by atoms with E-state index in [-0.39, 0.29) is 11.2 Å². The maximum Gasteiger partial charge on any atom is 0.237 e. The number of halogens is 1. The molecule has 0 aliphatic carbocycles. The summed E-state index contributed by atoms with van der Waals surface area (Å²) >= 11 is 7.41. The summed E-state index contributed by atoms with van der Waals surface area (Å²) in [7, 11) is 0. The lowest BCUT2D eigenvalue weighted by Crippen LogP contribution is -2.22. The first-order valence-electron chi connectivity index (χ1n) is 6.00. The molecule has 104 valence electrons. The fraction of sp³-hybridized carbons (Fsp3) is 0.143. The fourth-order valence-electron chi connectivity index (χ4n) is 1.52. The highest BCUT2D eigenvalue weighted by molar-refractivity contribution is 8.00. The summed E-state index contributed by atoms with van der Waals surface area (Å²) in [4.78, 5) is 16.3. The summed E-state index contributed by atoms with van der Waals surface area (Å²) < 4.78 is 0. The minimum atomic E-state index is -0.279. The van der Waals surface area contributed by atoms with Gasteiger partial charge in [-0.2, -0.15) is 0 Å². The molecule has 0 bridgehead atoms. The Morgan fingerprint density at radius 1 is 1.40 bits per heavy atom. The molecule has 0 spiro atoms. The van der Waals surface area contributed by atoms with Gasteiger partial charge in [0.25, 0.3) is 0 Å². The van der Waals surface area contributed by atoms with Crippen LogP contribution in [0.1, 0.15) is 6.92 Å². The molecule has 0 saturated heterocycles. The first kappa shape index (κ1) is 14.7. The van der Waals surface area contributed by atoms with Crippen LogP contribution in [0, 0.1) is 0 Å². The standard InChI is InChI=1S/C14H14ClN3OS/c1-9(20-13-4-2-3-7-17-13)14(19)18-12-6-5-10(16)8-11(12)15/h2-9H,16H2,1H3,(H,18,19). The van der Waals surface area contributed by atoms with Gasteiger partial charge in [-0.05, 0) is 37.3 Å². The molecule has 1 atom stereocenters. The molecular formula is C14H14ClN3OS. The van der Waals surface area contributed by atoms with Gasteiger partial charge in [0, 0.05) is 11.9 Å². The van der Waals surface area contributed by atoms with Crippen molar-refractivity contribution in [2.75, 3.05) is 11.1 Å². The highest BCUT2D eigenvalue weighted by atomic mass is 35.5. The van der Waals surface area contributed by atoms with Gasteiger partial charge < -0.3 is 11.1 Å². The van der Waals surface area contributed by atoms with Gasteiger partial charge in [-0.1, -0.05) is 29.4 Å². The number of rotatable bonds is 4. The summed E-state index contributed by atoms with van der Waals surface area (Å²) in [5.74, 6) is -0.132. The molecule has 0 aliphatic rings. The minimum absolute atomic E-state index is 0.132. The molecule has 3 N–H and O–H groups in total. The van der Waals surface area contributed by atoms with Gasteiger partial charge in [0.1, 0.15) is 0 Å². The van der Waals surface area contributed by atoms with Gasteiger partial charge in [0.15, 0.2) is 0 Å². The zero-order chi connectivity index (χ0) is 14.5. The zero-order valence-corrected chi connectivity index (χ0v) is 12.4. The lowest BCUT2D eigenvalue weighted by molar-refractivity contribution is -0.115. The van der Waals surface area contributed by atoms with Crippen molar-refractivity contribution < 1.29 is 4.79 Å². The van der Waals surface area contributed by atoms with E-state index in [1.165, 1.54) is 11.8 Å². The number of anilines is 2. The van der Waals surface area contributed by atoms with Crippen LogP contribution in [-0.4, -0.2) is 16.1 Å². The normalized spacial score (nSPS) is 11.9. The summed E-state index contributed by atoms with van der Waals surface area (Å²) in [6.07, 6.45) is 1.70. The Bertz CT molecular complexity index is 607. The Hall–Kier alpha value is -1.72. The molecular weight excluding hydrogens is 294 g/mol. The van der Waals surface area contributed by atoms with Crippen molar-refractivity contribution >= 4 is 40.6 Å². The predicted octanol–water partition coefficient (Wildman–Crippen LogP) is 3.44. The predicted molar refractivity (Wildman–Crippen MR) is 84.1 cm³/mol. The van der Waals surface area contributed by atoms with Gasteiger partial charge in [-0.25, -0.2) is 4.98 Å². The minimum Gasteiger partial charge on any atom is -0.399 e. The largest absolute Gasteiger partial charge is 0.399 e. The highest BCUT2D eigenvalue weighted by Crippen LogP contribution is 2.26. The molecule has 4 nitrogen and oxygen atoms in total. The van der Waals surface area contributed by atoms with Crippen LogP contribution in [0.25, 0.3) is 0 Å². The second kappa shape index (κ2) is 6.63. The number of benzene rings is 1. The van der Waals surface area contributed by atoms with E-state index in [2.05, 4.69) is 10.3 Å². The van der Waals surface area contributed by atoms with E-state index in [1.807, 2.05) is 25.1 Å². The lowest BCUT2D eigenvalue weighted by atomic mass is 10.2. The van der Waals surface area contributed by atoms with E-state index in [9.17, 15) is 4.79 Å².